The molecule has 0 aliphatic carbocycles. The van der Waals surface area contributed by atoms with Crippen molar-refractivity contribution in [3.8, 4) is 5.75 Å². The number of aryl methyl sites for hydroxylation is 1. The standard InChI is InChI=1S/C9H12N2O2/c1-6-8(9(12)10-2)7(13-3)4-5-11-6/h4-5H,1-3H3,(H,10,12). The van der Waals surface area contributed by atoms with Crippen LogP contribution in [0.25, 0.3) is 0 Å². The van der Waals surface area contributed by atoms with Gasteiger partial charge < -0.3 is 10.1 Å². The Labute approximate surface area is 76.9 Å². The van der Waals surface area contributed by atoms with E-state index in [1.54, 1.807) is 26.2 Å². The van der Waals surface area contributed by atoms with Gasteiger partial charge in [-0.15, -0.1) is 0 Å². The van der Waals surface area contributed by atoms with Crippen LogP contribution >= 0.6 is 0 Å². The molecule has 0 aliphatic heterocycles. The highest BCUT2D eigenvalue weighted by Gasteiger charge is 2.13. The summed E-state index contributed by atoms with van der Waals surface area (Å²) in [6.45, 7) is 1.77. The summed E-state index contributed by atoms with van der Waals surface area (Å²) >= 11 is 0. The smallest absolute Gasteiger partial charge is 0.256 e. The lowest BCUT2D eigenvalue weighted by molar-refractivity contribution is 0.0959. The Hall–Kier alpha value is -1.58. The minimum atomic E-state index is -0.178. The Kier molecular flexibility index (Phi) is 2.84. The molecule has 4 heteroatoms. The zero-order valence-corrected chi connectivity index (χ0v) is 7.92. The third kappa shape index (κ3) is 1.77. The molecule has 70 valence electrons. The van der Waals surface area contributed by atoms with Crippen LogP contribution in [0.1, 0.15) is 16.1 Å². The first-order chi connectivity index (χ1) is 6.20. The average Bonchev–Trinajstić information content (AvgIpc) is 2.16. The summed E-state index contributed by atoms with van der Waals surface area (Å²) in [7, 11) is 3.11. The predicted molar refractivity (Wildman–Crippen MR) is 48.9 cm³/mol. The first kappa shape index (κ1) is 9.51. The van der Waals surface area contributed by atoms with Gasteiger partial charge in [0, 0.05) is 13.2 Å². The number of nitrogens with one attached hydrogen (secondary N) is 1. The highest BCUT2D eigenvalue weighted by atomic mass is 16.5. The second-order valence-corrected chi connectivity index (χ2v) is 2.55. The van der Waals surface area contributed by atoms with Crippen LogP contribution in [0.5, 0.6) is 5.75 Å². The number of nitrogens with zero attached hydrogens (tertiary/aromatic N) is 1. The number of hydrogen-bond acceptors (Lipinski definition) is 3. The lowest BCUT2D eigenvalue weighted by Crippen LogP contribution is -2.20. The molecule has 1 N–H and O–H groups in total. The molecule has 0 radical (unpaired) electrons. The zero-order valence-electron chi connectivity index (χ0n) is 7.92. The number of amides is 1. The topological polar surface area (TPSA) is 51.2 Å². The summed E-state index contributed by atoms with van der Waals surface area (Å²) in [5.74, 6) is 0.370. The van der Waals surface area contributed by atoms with Crippen LogP contribution in [-0.4, -0.2) is 25.0 Å². The number of methoxy groups -OCH3 is 1. The van der Waals surface area contributed by atoms with Crippen molar-refractivity contribution in [2.45, 2.75) is 6.92 Å². The first-order valence-corrected chi connectivity index (χ1v) is 3.92. The van der Waals surface area contributed by atoms with Crippen LogP contribution in [-0.2, 0) is 0 Å². The fourth-order valence-electron chi connectivity index (χ4n) is 1.11. The SMILES string of the molecule is CNC(=O)c1c(OC)ccnc1C. The summed E-state index contributed by atoms with van der Waals surface area (Å²) in [5.41, 5.74) is 1.16. The van der Waals surface area contributed by atoms with Crippen molar-refractivity contribution in [1.82, 2.24) is 10.3 Å². The van der Waals surface area contributed by atoms with E-state index in [1.165, 1.54) is 7.11 Å². The van der Waals surface area contributed by atoms with E-state index >= 15 is 0 Å². The number of pyridine rings is 1. The third-order valence-electron chi connectivity index (χ3n) is 1.78. The van der Waals surface area contributed by atoms with Crippen molar-refractivity contribution in [3.05, 3.63) is 23.5 Å². The highest BCUT2D eigenvalue weighted by Crippen LogP contribution is 2.19. The normalized spacial score (nSPS) is 9.46. The molecule has 1 aromatic heterocycles. The third-order valence-corrected chi connectivity index (χ3v) is 1.78. The lowest BCUT2D eigenvalue weighted by atomic mass is 10.2. The van der Waals surface area contributed by atoms with Crippen LogP contribution in [0.15, 0.2) is 12.3 Å². The molecule has 1 heterocycles. The highest BCUT2D eigenvalue weighted by molar-refractivity contribution is 5.97. The first-order valence-electron chi connectivity index (χ1n) is 3.92. The maximum Gasteiger partial charge on any atom is 0.256 e. The molecule has 0 aromatic carbocycles. The Morgan fingerprint density at radius 1 is 1.62 bits per heavy atom. The van der Waals surface area contributed by atoms with Gasteiger partial charge in [-0.1, -0.05) is 0 Å². The van der Waals surface area contributed by atoms with Gasteiger partial charge in [0.25, 0.3) is 5.91 Å². The summed E-state index contributed by atoms with van der Waals surface area (Å²) in [4.78, 5) is 15.4. The molecule has 0 bridgehead atoms. The molecule has 0 aliphatic rings. The van der Waals surface area contributed by atoms with E-state index in [0.717, 1.165) is 0 Å². The Morgan fingerprint density at radius 2 is 2.31 bits per heavy atom. The van der Waals surface area contributed by atoms with Gasteiger partial charge in [0.1, 0.15) is 11.3 Å². The van der Waals surface area contributed by atoms with Crippen molar-refractivity contribution in [3.63, 3.8) is 0 Å². The van der Waals surface area contributed by atoms with E-state index in [9.17, 15) is 4.79 Å². The molecule has 0 saturated carbocycles. The number of hydrogen-bond donors (Lipinski definition) is 1. The van der Waals surface area contributed by atoms with Gasteiger partial charge in [-0.3, -0.25) is 9.78 Å². The Morgan fingerprint density at radius 3 is 2.85 bits per heavy atom. The molecular weight excluding hydrogens is 168 g/mol. The molecular formula is C9H12N2O2. The minimum absolute atomic E-state index is 0.178. The van der Waals surface area contributed by atoms with E-state index in [4.69, 9.17) is 4.74 Å². The van der Waals surface area contributed by atoms with Crippen LogP contribution in [0.2, 0.25) is 0 Å². The van der Waals surface area contributed by atoms with Gasteiger partial charge in [-0.2, -0.15) is 0 Å². The molecule has 0 spiro atoms. The van der Waals surface area contributed by atoms with E-state index in [2.05, 4.69) is 10.3 Å². The van der Waals surface area contributed by atoms with Crippen LogP contribution in [0.4, 0.5) is 0 Å². The van der Waals surface area contributed by atoms with Crippen molar-refractivity contribution >= 4 is 5.91 Å². The van der Waals surface area contributed by atoms with Crippen LogP contribution in [0.3, 0.4) is 0 Å². The Bertz CT molecular complexity index is 323. The van der Waals surface area contributed by atoms with Crippen molar-refractivity contribution in [2.24, 2.45) is 0 Å². The lowest BCUT2D eigenvalue weighted by Gasteiger charge is -2.08. The van der Waals surface area contributed by atoms with Gasteiger partial charge in [0.15, 0.2) is 0 Å². The molecule has 0 atom stereocenters. The fraction of sp³-hybridized carbons (Fsp3) is 0.333. The number of carbonyl (C=O) groups excluding carboxylic acids is 1. The summed E-state index contributed by atoms with van der Waals surface area (Å²) in [6.07, 6.45) is 1.61. The largest absolute Gasteiger partial charge is 0.496 e. The van der Waals surface area contributed by atoms with Crippen LogP contribution in [0, 0.1) is 6.92 Å². The monoisotopic (exact) mass is 180 g/mol. The van der Waals surface area contributed by atoms with Crippen molar-refractivity contribution < 1.29 is 9.53 Å². The molecule has 4 nitrogen and oxygen atoms in total. The average molecular weight is 180 g/mol. The second kappa shape index (κ2) is 3.89. The quantitative estimate of drug-likeness (QED) is 0.731. The number of ether oxygens (including phenoxy) is 1. The van der Waals surface area contributed by atoms with Gasteiger partial charge in [-0.05, 0) is 13.0 Å². The molecule has 1 rings (SSSR count). The zero-order chi connectivity index (χ0) is 9.84. The number of aromatic nitrogens is 1. The van der Waals surface area contributed by atoms with Crippen molar-refractivity contribution in [2.75, 3.05) is 14.2 Å². The molecule has 1 amide bonds. The van der Waals surface area contributed by atoms with Gasteiger partial charge in [-0.25, -0.2) is 0 Å². The Balaban J connectivity index is 3.22. The number of rotatable bonds is 2. The molecule has 13 heavy (non-hydrogen) atoms. The van der Waals surface area contributed by atoms with E-state index in [1.807, 2.05) is 0 Å². The van der Waals surface area contributed by atoms with Gasteiger partial charge >= 0.3 is 0 Å². The van der Waals surface area contributed by atoms with E-state index in [0.29, 0.717) is 17.0 Å². The molecule has 0 unspecified atom stereocenters. The fourth-order valence-corrected chi connectivity index (χ4v) is 1.11. The maximum atomic E-state index is 11.4. The van der Waals surface area contributed by atoms with Gasteiger partial charge in [0.2, 0.25) is 0 Å². The number of carbonyl (C=O) groups is 1. The maximum absolute atomic E-state index is 11.4. The molecule has 0 saturated heterocycles. The van der Waals surface area contributed by atoms with Gasteiger partial charge in [0.05, 0.1) is 12.8 Å². The summed E-state index contributed by atoms with van der Waals surface area (Å²) in [5, 5.41) is 2.54. The van der Waals surface area contributed by atoms with E-state index < -0.39 is 0 Å². The minimum Gasteiger partial charge on any atom is -0.496 e. The second-order valence-electron chi connectivity index (χ2n) is 2.55. The predicted octanol–water partition coefficient (Wildman–Crippen LogP) is 0.758. The van der Waals surface area contributed by atoms with Crippen LogP contribution < -0.4 is 10.1 Å². The summed E-state index contributed by atoms with van der Waals surface area (Å²) in [6, 6.07) is 1.66. The molecule has 1 aromatic rings. The van der Waals surface area contributed by atoms with E-state index in [-0.39, 0.29) is 5.91 Å². The molecule has 0 fully saturated rings. The van der Waals surface area contributed by atoms with Crippen molar-refractivity contribution in [1.29, 1.82) is 0 Å². The summed E-state index contributed by atoms with van der Waals surface area (Å²) < 4.78 is 5.05.